The van der Waals surface area contributed by atoms with E-state index in [1.54, 1.807) is 17.0 Å². The van der Waals surface area contributed by atoms with Crippen LogP contribution in [0, 0.1) is 18.3 Å². The van der Waals surface area contributed by atoms with Crippen LogP contribution in [0.25, 0.3) is 0 Å². The summed E-state index contributed by atoms with van der Waals surface area (Å²) in [6.07, 6.45) is 1.35. The van der Waals surface area contributed by atoms with Crippen molar-refractivity contribution in [2.75, 3.05) is 38.5 Å². The van der Waals surface area contributed by atoms with Gasteiger partial charge in [0.1, 0.15) is 17.4 Å². The van der Waals surface area contributed by atoms with E-state index in [1.807, 2.05) is 26.1 Å². The minimum Gasteiger partial charge on any atom is -0.506 e. The third-order valence-electron chi connectivity index (χ3n) is 3.67. The minimum absolute atomic E-state index is 0.0320. The first-order valence-electron chi connectivity index (χ1n) is 7.15. The summed E-state index contributed by atoms with van der Waals surface area (Å²) in [7, 11) is 2.00. The molecule has 6 nitrogen and oxygen atoms in total. The van der Waals surface area contributed by atoms with E-state index in [2.05, 4.69) is 10.2 Å². The van der Waals surface area contributed by atoms with E-state index >= 15 is 0 Å². The number of nitriles is 1. The number of carbonyl (C=O) groups is 1. The molecule has 6 heteroatoms. The number of aromatic hydroxyl groups is 1. The summed E-state index contributed by atoms with van der Waals surface area (Å²) in [5.41, 5.74) is 1.43. The van der Waals surface area contributed by atoms with Crippen molar-refractivity contribution >= 4 is 11.6 Å². The highest BCUT2D eigenvalue weighted by atomic mass is 16.3. The van der Waals surface area contributed by atoms with Crippen molar-refractivity contribution in [3.63, 3.8) is 0 Å². The molecule has 116 valence electrons. The molecule has 0 aromatic heterocycles. The van der Waals surface area contributed by atoms with Crippen LogP contribution < -0.4 is 5.32 Å². The predicted molar refractivity (Wildman–Crippen MR) is 84.2 cm³/mol. The van der Waals surface area contributed by atoms with Gasteiger partial charge in [0.25, 0.3) is 5.91 Å². The summed E-state index contributed by atoms with van der Waals surface area (Å²) < 4.78 is 0. The maximum absolute atomic E-state index is 12.3. The third kappa shape index (κ3) is 3.77. The van der Waals surface area contributed by atoms with Gasteiger partial charge < -0.3 is 20.2 Å². The molecule has 1 heterocycles. The average molecular weight is 300 g/mol. The normalized spacial score (nSPS) is 16.2. The fourth-order valence-electron chi connectivity index (χ4n) is 2.24. The Morgan fingerprint density at radius 2 is 2.05 bits per heavy atom. The van der Waals surface area contributed by atoms with Crippen molar-refractivity contribution in [1.29, 1.82) is 5.26 Å². The molecule has 1 saturated heterocycles. The number of hydrogen-bond donors (Lipinski definition) is 2. The van der Waals surface area contributed by atoms with E-state index in [1.165, 1.54) is 6.20 Å². The van der Waals surface area contributed by atoms with Crippen LogP contribution in [0.15, 0.2) is 30.0 Å². The number of phenolic OH excluding ortho intramolecular Hbond substituents is 1. The molecule has 0 atom stereocenters. The summed E-state index contributed by atoms with van der Waals surface area (Å²) in [4.78, 5) is 16.1. The van der Waals surface area contributed by atoms with Gasteiger partial charge in [-0.05, 0) is 31.7 Å². The van der Waals surface area contributed by atoms with Crippen molar-refractivity contribution in [2.24, 2.45) is 0 Å². The molecule has 0 unspecified atom stereocenters. The molecule has 2 rings (SSSR count). The number of aryl methyl sites for hydroxylation is 1. The number of nitrogens with one attached hydrogen (secondary N) is 1. The van der Waals surface area contributed by atoms with E-state index in [9.17, 15) is 15.2 Å². The van der Waals surface area contributed by atoms with E-state index in [-0.39, 0.29) is 17.2 Å². The first kappa shape index (κ1) is 15.9. The molecule has 0 bridgehead atoms. The second-order valence-corrected chi connectivity index (χ2v) is 5.43. The molecule has 22 heavy (non-hydrogen) atoms. The number of nitrogens with zero attached hydrogens (tertiary/aromatic N) is 3. The van der Waals surface area contributed by atoms with Gasteiger partial charge in [-0.15, -0.1) is 0 Å². The second kappa shape index (κ2) is 6.96. The Kier molecular flexibility index (Phi) is 5.02. The van der Waals surface area contributed by atoms with Crippen molar-refractivity contribution in [3.8, 4) is 11.8 Å². The Morgan fingerprint density at radius 3 is 2.64 bits per heavy atom. The van der Waals surface area contributed by atoms with Crippen LogP contribution in [0.2, 0.25) is 0 Å². The number of carbonyl (C=O) groups excluding carboxylic acids is 1. The molecule has 1 aliphatic heterocycles. The molecule has 0 saturated carbocycles. The average Bonchev–Trinajstić information content (AvgIpc) is 2.50. The summed E-state index contributed by atoms with van der Waals surface area (Å²) in [5.74, 6) is -0.199. The molecule has 0 radical (unpaired) electrons. The van der Waals surface area contributed by atoms with Gasteiger partial charge in [0, 0.05) is 32.4 Å². The Labute approximate surface area is 130 Å². The number of rotatable bonds is 3. The fourth-order valence-corrected chi connectivity index (χ4v) is 2.24. The molecule has 1 fully saturated rings. The molecule has 0 aliphatic carbocycles. The monoisotopic (exact) mass is 300 g/mol. The third-order valence-corrected chi connectivity index (χ3v) is 3.67. The van der Waals surface area contributed by atoms with Crippen LogP contribution in [0.4, 0.5) is 5.69 Å². The topological polar surface area (TPSA) is 79.6 Å². The van der Waals surface area contributed by atoms with E-state index in [4.69, 9.17) is 0 Å². The standard InChI is InChI=1S/C16H20N4O2/c1-12-3-4-14(15(21)9-12)18-11-13(10-17)16(22)20-7-5-19(2)6-8-20/h3-4,9,11,18,21H,5-8H2,1-2H3/b13-11-. The van der Waals surface area contributed by atoms with Crippen LogP contribution >= 0.6 is 0 Å². The lowest BCUT2D eigenvalue weighted by atomic mass is 10.2. The number of piperazine rings is 1. The number of amides is 1. The lowest BCUT2D eigenvalue weighted by molar-refractivity contribution is -0.128. The predicted octanol–water partition coefficient (Wildman–Crippen LogP) is 1.29. The van der Waals surface area contributed by atoms with Crippen LogP contribution in [-0.4, -0.2) is 54.0 Å². The number of phenols is 1. The van der Waals surface area contributed by atoms with Crippen molar-refractivity contribution in [3.05, 3.63) is 35.5 Å². The Bertz CT molecular complexity index is 626. The zero-order valence-electron chi connectivity index (χ0n) is 12.8. The lowest BCUT2D eigenvalue weighted by Gasteiger charge is -2.32. The van der Waals surface area contributed by atoms with Gasteiger partial charge >= 0.3 is 0 Å². The molecule has 1 aromatic carbocycles. The number of benzene rings is 1. The van der Waals surface area contributed by atoms with Gasteiger partial charge in [0.05, 0.1) is 5.69 Å². The Balaban J connectivity index is 2.07. The first-order valence-corrected chi connectivity index (χ1v) is 7.15. The first-order chi connectivity index (χ1) is 10.5. The Morgan fingerprint density at radius 1 is 1.36 bits per heavy atom. The smallest absolute Gasteiger partial charge is 0.266 e. The zero-order valence-corrected chi connectivity index (χ0v) is 12.8. The minimum atomic E-state index is -0.283. The molecular formula is C16H20N4O2. The van der Waals surface area contributed by atoms with Crippen LogP contribution in [-0.2, 0) is 4.79 Å². The van der Waals surface area contributed by atoms with E-state index < -0.39 is 0 Å². The largest absolute Gasteiger partial charge is 0.506 e. The SMILES string of the molecule is Cc1ccc(N/C=C(/C#N)C(=O)N2CCN(C)CC2)c(O)c1. The molecule has 2 N–H and O–H groups in total. The van der Waals surface area contributed by atoms with Gasteiger partial charge in [-0.3, -0.25) is 4.79 Å². The summed E-state index contributed by atoms with van der Waals surface area (Å²) in [5, 5.41) is 21.8. The fraction of sp³-hybridized carbons (Fsp3) is 0.375. The van der Waals surface area contributed by atoms with E-state index in [0.717, 1.165) is 18.7 Å². The highest BCUT2D eigenvalue weighted by Gasteiger charge is 2.22. The van der Waals surface area contributed by atoms with Gasteiger partial charge in [-0.2, -0.15) is 5.26 Å². The number of anilines is 1. The van der Waals surface area contributed by atoms with Crippen LogP contribution in [0.5, 0.6) is 5.75 Å². The molecule has 1 aliphatic rings. The lowest BCUT2D eigenvalue weighted by Crippen LogP contribution is -2.47. The quantitative estimate of drug-likeness (QED) is 0.499. The molecular weight excluding hydrogens is 280 g/mol. The van der Waals surface area contributed by atoms with Crippen molar-refractivity contribution in [2.45, 2.75) is 6.92 Å². The number of likely N-dealkylation sites (N-methyl/N-ethyl adjacent to an activating group) is 1. The Hall–Kier alpha value is -2.52. The summed E-state index contributed by atoms with van der Waals surface area (Å²) >= 11 is 0. The van der Waals surface area contributed by atoms with Gasteiger partial charge in [0.2, 0.25) is 0 Å². The molecule has 1 amide bonds. The van der Waals surface area contributed by atoms with E-state index in [0.29, 0.717) is 18.8 Å². The maximum atomic E-state index is 12.3. The van der Waals surface area contributed by atoms with Gasteiger partial charge in [-0.1, -0.05) is 6.07 Å². The number of hydrogen-bond acceptors (Lipinski definition) is 5. The van der Waals surface area contributed by atoms with Crippen LogP contribution in [0.1, 0.15) is 5.56 Å². The molecule has 0 spiro atoms. The summed E-state index contributed by atoms with van der Waals surface area (Å²) in [6.45, 7) is 4.71. The van der Waals surface area contributed by atoms with Gasteiger partial charge in [-0.25, -0.2) is 0 Å². The zero-order chi connectivity index (χ0) is 16.1. The highest BCUT2D eigenvalue weighted by Crippen LogP contribution is 2.24. The van der Waals surface area contributed by atoms with Crippen molar-refractivity contribution in [1.82, 2.24) is 9.80 Å². The van der Waals surface area contributed by atoms with Crippen molar-refractivity contribution < 1.29 is 9.90 Å². The maximum Gasteiger partial charge on any atom is 0.266 e. The van der Waals surface area contributed by atoms with Gasteiger partial charge in [0.15, 0.2) is 0 Å². The summed E-state index contributed by atoms with van der Waals surface area (Å²) in [6, 6.07) is 7.08. The van der Waals surface area contributed by atoms with Crippen LogP contribution in [0.3, 0.4) is 0 Å². The highest BCUT2D eigenvalue weighted by molar-refractivity contribution is 5.97. The molecule has 1 aromatic rings. The second-order valence-electron chi connectivity index (χ2n) is 5.43.